The van der Waals surface area contributed by atoms with E-state index in [-0.39, 0.29) is 12.0 Å². The van der Waals surface area contributed by atoms with Crippen LogP contribution < -0.4 is 5.32 Å². The number of aliphatic hydroxyl groups excluding tert-OH is 1. The average molecular weight is 295 g/mol. The van der Waals surface area contributed by atoms with Gasteiger partial charge in [0.15, 0.2) is 0 Å². The van der Waals surface area contributed by atoms with E-state index in [0.717, 1.165) is 19.5 Å². The van der Waals surface area contributed by atoms with Crippen molar-refractivity contribution in [1.29, 1.82) is 0 Å². The first-order chi connectivity index (χ1) is 9.11. The highest BCUT2D eigenvalue weighted by atomic mass is 32.1. The summed E-state index contributed by atoms with van der Waals surface area (Å²) in [6, 6.07) is 6.52. The first kappa shape index (κ1) is 14.7. The lowest BCUT2D eigenvalue weighted by molar-refractivity contribution is 0.207. The average Bonchev–Trinajstić information content (AvgIpc) is 2.98. The zero-order valence-electron chi connectivity index (χ0n) is 11.5. The molecule has 0 aliphatic rings. The summed E-state index contributed by atoms with van der Waals surface area (Å²) in [7, 11) is 0. The van der Waals surface area contributed by atoms with Crippen LogP contribution >= 0.6 is 22.7 Å². The minimum atomic E-state index is 0.155. The second kappa shape index (κ2) is 6.66. The summed E-state index contributed by atoms with van der Waals surface area (Å²) >= 11 is 3.59. The molecule has 0 atom stereocenters. The van der Waals surface area contributed by atoms with Crippen LogP contribution in [0.3, 0.4) is 0 Å². The molecular formula is C15H21NOS2. The van der Waals surface area contributed by atoms with Gasteiger partial charge in [-0.25, -0.2) is 0 Å². The van der Waals surface area contributed by atoms with E-state index in [1.165, 1.54) is 15.3 Å². The molecule has 0 saturated carbocycles. The maximum atomic E-state index is 9.00. The van der Waals surface area contributed by atoms with Gasteiger partial charge in [0.25, 0.3) is 0 Å². The van der Waals surface area contributed by atoms with E-state index in [0.29, 0.717) is 0 Å². The molecule has 0 spiro atoms. The third kappa shape index (κ3) is 4.42. The fourth-order valence-corrected chi connectivity index (χ4v) is 3.60. The van der Waals surface area contributed by atoms with Gasteiger partial charge in [-0.1, -0.05) is 19.9 Å². The predicted molar refractivity (Wildman–Crippen MR) is 84.8 cm³/mol. The SMILES string of the molecule is CC(C)(CCO)CNCc1cc(-c2cccs2)cs1. The number of hydrogen-bond acceptors (Lipinski definition) is 4. The summed E-state index contributed by atoms with van der Waals surface area (Å²) in [5.41, 5.74) is 1.48. The molecule has 0 unspecified atom stereocenters. The molecule has 2 rings (SSSR count). The second-order valence-electron chi connectivity index (χ2n) is 5.52. The van der Waals surface area contributed by atoms with Crippen molar-refractivity contribution >= 4 is 22.7 Å². The summed E-state index contributed by atoms with van der Waals surface area (Å²) in [6.45, 7) is 6.46. The van der Waals surface area contributed by atoms with Crippen LogP contribution in [-0.2, 0) is 6.54 Å². The van der Waals surface area contributed by atoms with Crippen LogP contribution in [0.25, 0.3) is 10.4 Å². The molecule has 19 heavy (non-hydrogen) atoms. The van der Waals surface area contributed by atoms with E-state index in [4.69, 9.17) is 5.11 Å². The summed E-state index contributed by atoms with van der Waals surface area (Å²) in [5, 5.41) is 16.8. The van der Waals surface area contributed by atoms with Crippen molar-refractivity contribution in [3.8, 4) is 10.4 Å². The molecule has 2 nitrogen and oxygen atoms in total. The van der Waals surface area contributed by atoms with Gasteiger partial charge in [-0.3, -0.25) is 0 Å². The van der Waals surface area contributed by atoms with Crippen LogP contribution in [0.2, 0.25) is 0 Å². The zero-order chi connectivity index (χ0) is 13.7. The van der Waals surface area contributed by atoms with Crippen molar-refractivity contribution in [2.75, 3.05) is 13.2 Å². The Morgan fingerprint density at radius 2 is 2.16 bits per heavy atom. The van der Waals surface area contributed by atoms with Gasteiger partial charge in [-0.15, -0.1) is 22.7 Å². The molecule has 0 aromatic carbocycles. The molecule has 0 bridgehead atoms. The van der Waals surface area contributed by atoms with Gasteiger partial charge < -0.3 is 10.4 Å². The summed E-state index contributed by atoms with van der Waals surface area (Å²) in [6.07, 6.45) is 0.838. The lowest BCUT2D eigenvalue weighted by Crippen LogP contribution is -2.29. The van der Waals surface area contributed by atoms with Crippen molar-refractivity contribution < 1.29 is 5.11 Å². The number of aliphatic hydroxyl groups is 1. The maximum absolute atomic E-state index is 9.00. The molecule has 4 heteroatoms. The van der Waals surface area contributed by atoms with Gasteiger partial charge in [-0.2, -0.15) is 0 Å². The summed E-state index contributed by atoms with van der Waals surface area (Å²) in [5.74, 6) is 0. The minimum Gasteiger partial charge on any atom is -0.396 e. The molecule has 0 saturated heterocycles. The highest BCUT2D eigenvalue weighted by Crippen LogP contribution is 2.29. The molecule has 0 fully saturated rings. The molecule has 2 aromatic heterocycles. The van der Waals surface area contributed by atoms with Crippen LogP contribution in [0.15, 0.2) is 29.0 Å². The largest absolute Gasteiger partial charge is 0.396 e. The number of hydrogen-bond donors (Lipinski definition) is 2. The Morgan fingerprint density at radius 1 is 1.32 bits per heavy atom. The van der Waals surface area contributed by atoms with Gasteiger partial charge in [0.1, 0.15) is 0 Å². The van der Waals surface area contributed by atoms with Crippen LogP contribution in [0.4, 0.5) is 0 Å². The first-order valence-electron chi connectivity index (χ1n) is 6.54. The third-order valence-corrected chi connectivity index (χ3v) is 5.01. The third-order valence-electron chi connectivity index (χ3n) is 3.15. The Bertz CT molecular complexity index is 488. The standard InChI is InChI=1S/C15H21NOS2/c1-15(2,5-6-17)11-16-9-13-8-12(10-19-13)14-4-3-7-18-14/h3-4,7-8,10,16-17H,5-6,9,11H2,1-2H3. The van der Waals surface area contributed by atoms with Crippen molar-refractivity contribution in [2.24, 2.45) is 5.41 Å². The normalized spacial score (nSPS) is 11.9. The van der Waals surface area contributed by atoms with Crippen molar-refractivity contribution in [3.05, 3.63) is 33.8 Å². The molecule has 2 aromatic rings. The van der Waals surface area contributed by atoms with Gasteiger partial charge in [0.05, 0.1) is 0 Å². The van der Waals surface area contributed by atoms with Crippen molar-refractivity contribution in [2.45, 2.75) is 26.8 Å². The van der Waals surface area contributed by atoms with Crippen LogP contribution in [0, 0.1) is 5.41 Å². The summed E-state index contributed by atoms with van der Waals surface area (Å²) in [4.78, 5) is 2.70. The molecule has 2 heterocycles. The van der Waals surface area contributed by atoms with Crippen LogP contribution in [0.1, 0.15) is 25.1 Å². The van der Waals surface area contributed by atoms with Crippen molar-refractivity contribution in [1.82, 2.24) is 5.32 Å². The number of nitrogens with one attached hydrogen (secondary N) is 1. The smallest absolute Gasteiger partial charge is 0.0436 e. The fraction of sp³-hybridized carbons (Fsp3) is 0.467. The van der Waals surface area contributed by atoms with E-state index in [1.54, 1.807) is 22.7 Å². The predicted octanol–water partition coefficient (Wildman–Crippen LogP) is 3.97. The molecule has 0 aliphatic heterocycles. The highest BCUT2D eigenvalue weighted by molar-refractivity contribution is 7.14. The van der Waals surface area contributed by atoms with E-state index in [9.17, 15) is 0 Å². The Balaban J connectivity index is 1.84. The van der Waals surface area contributed by atoms with Crippen LogP contribution in [0.5, 0.6) is 0 Å². The molecule has 0 radical (unpaired) electrons. The number of thiophene rings is 2. The molecule has 0 amide bonds. The molecule has 104 valence electrons. The van der Waals surface area contributed by atoms with E-state index < -0.39 is 0 Å². The summed E-state index contributed by atoms with van der Waals surface area (Å²) < 4.78 is 0. The molecule has 0 aliphatic carbocycles. The molecular weight excluding hydrogens is 274 g/mol. The maximum Gasteiger partial charge on any atom is 0.0436 e. The monoisotopic (exact) mass is 295 g/mol. The van der Waals surface area contributed by atoms with Crippen LogP contribution in [-0.4, -0.2) is 18.3 Å². The Kier molecular flexibility index (Phi) is 5.16. The zero-order valence-corrected chi connectivity index (χ0v) is 13.1. The Labute approximate surface area is 123 Å². The van der Waals surface area contributed by atoms with Crippen molar-refractivity contribution in [3.63, 3.8) is 0 Å². The topological polar surface area (TPSA) is 32.3 Å². The molecule has 2 N–H and O–H groups in total. The first-order valence-corrected chi connectivity index (χ1v) is 8.29. The highest BCUT2D eigenvalue weighted by Gasteiger charge is 2.16. The van der Waals surface area contributed by atoms with Gasteiger partial charge in [0, 0.05) is 35.0 Å². The van der Waals surface area contributed by atoms with E-state index in [1.807, 2.05) is 0 Å². The quantitative estimate of drug-likeness (QED) is 0.810. The van der Waals surface area contributed by atoms with E-state index in [2.05, 4.69) is 48.1 Å². The van der Waals surface area contributed by atoms with E-state index >= 15 is 0 Å². The lowest BCUT2D eigenvalue weighted by atomic mass is 9.90. The second-order valence-corrected chi connectivity index (χ2v) is 7.46. The van der Waals surface area contributed by atoms with Gasteiger partial charge in [0.2, 0.25) is 0 Å². The van der Waals surface area contributed by atoms with Gasteiger partial charge >= 0.3 is 0 Å². The minimum absolute atomic E-state index is 0.155. The lowest BCUT2D eigenvalue weighted by Gasteiger charge is -2.23. The Morgan fingerprint density at radius 3 is 2.84 bits per heavy atom. The Hall–Kier alpha value is -0.680. The number of rotatable bonds is 7. The van der Waals surface area contributed by atoms with Gasteiger partial charge in [-0.05, 0) is 34.7 Å². The fourth-order valence-electron chi connectivity index (χ4n) is 1.96.